The van der Waals surface area contributed by atoms with Gasteiger partial charge in [0.1, 0.15) is 5.02 Å². The van der Waals surface area contributed by atoms with Crippen molar-refractivity contribution in [3.05, 3.63) is 92.5 Å². The Labute approximate surface area is 206 Å². The van der Waals surface area contributed by atoms with Crippen LogP contribution in [0.1, 0.15) is 21.5 Å². The molecule has 3 aromatic rings. The van der Waals surface area contributed by atoms with Crippen molar-refractivity contribution in [1.29, 1.82) is 0 Å². The van der Waals surface area contributed by atoms with Gasteiger partial charge in [0.15, 0.2) is 5.11 Å². The van der Waals surface area contributed by atoms with Gasteiger partial charge in [-0.2, -0.15) is 0 Å². The summed E-state index contributed by atoms with van der Waals surface area (Å²) in [5, 5.41) is 16.0. The maximum absolute atomic E-state index is 12.7. The van der Waals surface area contributed by atoms with Crippen LogP contribution in [0.5, 0.6) is 0 Å². The van der Waals surface area contributed by atoms with Gasteiger partial charge in [-0.15, -0.1) is 0 Å². The number of amides is 1. The Bertz CT molecular complexity index is 1390. The van der Waals surface area contributed by atoms with Gasteiger partial charge in [0.25, 0.3) is 21.6 Å². The summed E-state index contributed by atoms with van der Waals surface area (Å²) in [7, 11) is -3.81. The third-order valence-electron chi connectivity index (χ3n) is 4.68. The summed E-state index contributed by atoms with van der Waals surface area (Å²) in [4.78, 5) is 22.7. The number of halogens is 1. The Balaban J connectivity index is 1.66. The van der Waals surface area contributed by atoms with Crippen LogP contribution in [0.2, 0.25) is 5.02 Å². The van der Waals surface area contributed by atoms with E-state index in [4.69, 9.17) is 23.8 Å². The SMILES string of the molecule is Cc1ccc(NS(=O)(=O)c2ccc(NC(=S)NC(=O)c3ccc(Cl)c([N+](=O)[O-])c3)cc2)c(C)c1. The molecule has 0 radical (unpaired) electrons. The van der Waals surface area contributed by atoms with Gasteiger partial charge in [0.05, 0.1) is 15.5 Å². The second-order valence-corrected chi connectivity index (χ2v) is 9.78. The van der Waals surface area contributed by atoms with E-state index in [1.165, 1.54) is 36.4 Å². The Hall–Kier alpha value is -3.54. The van der Waals surface area contributed by atoms with Gasteiger partial charge in [0, 0.05) is 17.3 Å². The first-order valence-corrected chi connectivity index (χ1v) is 12.0. The Morgan fingerprint density at radius 1 is 1.03 bits per heavy atom. The van der Waals surface area contributed by atoms with E-state index in [2.05, 4.69) is 15.4 Å². The first-order valence-electron chi connectivity index (χ1n) is 9.73. The number of thiocarbonyl (C=S) groups is 1. The van der Waals surface area contributed by atoms with Crippen LogP contribution in [0.25, 0.3) is 0 Å². The molecule has 0 aliphatic carbocycles. The molecule has 0 aliphatic rings. The molecule has 9 nitrogen and oxygen atoms in total. The average molecular weight is 519 g/mol. The number of sulfonamides is 1. The molecular weight excluding hydrogens is 500 g/mol. The van der Waals surface area contributed by atoms with Crippen molar-refractivity contribution in [2.75, 3.05) is 10.0 Å². The quantitative estimate of drug-likeness (QED) is 0.243. The van der Waals surface area contributed by atoms with Crippen molar-refractivity contribution < 1.29 is 18.1 Å². The molecule has 3 rings (SSSR count). The van der Waals surface area contributed by atoms with Crippen LogP contribution < -0.4 is 15.4 Å². The monoisotopic (exact) mass is 518 g/mol. The number of nitrogens with one attached hydrogen (secondary N) is 3. The molecule has 12 heteroatoms. The van der Waals surface area contributed by atoms with Crippen LogP contribution in [0, 0.1) is 24.0 Å². The van der Waals surface area contributed by atoms with Crippen molar-refractivity contribution in [3.8, 4) is 0 Å². The Kier molecular flexibility index (Phi) is 7.50. The number of nitro benzene ring substituents is 1. The van der Waals surface area contributed by atoms with Gasteiger partial charge < -0.3 is 5.32 Å². The lowest BCUT2D eigenvalue weighted by molar-refractivity contribution is -0.384. The first kappa shape index (κ1) is 25.1. The van der Waals surface area contributed by atoms with E-state index < -0.39 is 26.5 Å². The Morgan fingerprint density at radius 2 is 1.71 bits per heavy atom. The summed E-state index contributed by atoms with van der Waals surface area (Å²) in [5.41, 5.74) is 2.33. The molecule has 0 aromatic heterocycles. The molecule has 34 heavy (non-hydrogen) atoms. The van der Waals surface area contributed by atoms with Crippen LogP contribution in [0.15, 0.2) is 65.6 Å². The molecule has 0 fully saturated rings. The molecule has 3 N–H and O–H groups in total. The summed E-state index contributed by atoms with van der Waals surface area (Å²) in [6, 6.07) is 14.8. The number of hydrogen-bond donors (Lipinski definition) is 3. The van der Waals surface area contributed by atoms with Gasteiger partial charge >= 0.3 is 0 Å². The Morgan fingerprint density at radius 3 is 2.32 bits per heavy atom. The number of carbonyl (C=O) groups excluding carboxylic acids is 1. The van der Waals surface area contributed by atoms with Gasteiger partial charge in [-0.25, -0.2) is 8.42 Å². The molecule has 176 valence electrons. The zero-order chi connectivity index (χ0) is 25.0. The van der Waals surface area contributed by atoms with E-state index >= 15 is 0 Å². The summed E-state index contributed by atoms with van der Waals surface area (Å²) >= 11 is 10.9. The lowest BCUT2D eigenvalue weighted by Gasteiger charge is -2.13. The van der Waals surface area contributed by atoms with Crippen molar-refractivity contribution in [2.24, 2.45) is 0 Å². The molecule has 0 bridgehead atoms. The highest BCUT2D eigenvalue weighted by atomic mass is 35.5. The third kappa shape index (κ3) is 6.07. The van der Waals surface area contributed by atoms with Crippen LogP contribution in [-0.2, 0) is 10.0 Å². The number of aryl methyl sites for hydroxylation is 2. The summed E-state index contributed by atoms with van der Waals surface area (Å²) in [6.45, 7) is 3.73. The van der Waals surface area contributed by atoms with E-state index in [0.717, 1.165) is 17.2 Å². The van der Waals surface area contributed by atoms with Gasteiger partial charge in [-0.05, 0) is 74.1 Å². The maximum Gasteiger partial charge on any atom is 0.288 e. The third-order valence-corrected chi connectivity index (χ3v) is 6.59. The van der Waals surface area contributed by atoms with Crippen LogP contribution in [0.4, 0.5) is 17.1 Å². The number of rotatable bonds is 6. The molecule has 0 aliphatic heterocycles. The largest absolute Gasteiger partial charge is 0.332 e. The highest BCUT2D eigenvalue weighted by Crippen LogP contribution is 2.25. The second-order valence-electron chi connectivity index (χ2n) is 7.28. The first-order chi connectivity index (χ1) is 16.0. The zero-order valence-corrected chi connectivity index (χ0v) is 20.3. The molecule has 0 heterocycles. The zero-order valence-electron chi connectivity index (χ0n) is 18.0. The van der Waals surface area contributed by atoms with Gasteiger partial charge in [-0.1, -0.05) is 29.3 Å². The molecular formula is C22H19ClN4O5S2. The van der Waals surface area contributed by atoms with Crippen molar-refractivity contribution in [2.45, 2.75) is 18.7 Å². The van der Waals surface area contributed by atoms with Crippen molar-refractivity contribution in [1.82, 2.24) is 5.32 Å². The number of carbonyl (C=O) groups is 1. The maximum atomic E-state index is 12.7. The summed E-state index contributed by atoms with van der Waals surface area (Å²) in [6.07, 6.45) is 0. The van der Waals surface area contributed by atoms with Crippen LogP contribution in [-0.4, -0.2) is 24.4 Å². The molecule has 0 saturated heterocycles. The summed E-state index contributed by atoms with van der Waals surface area (Å²) < 4.78 is 28.0. The predicted octanol–water partition coefficient (Wildman–Crippen LogP) is 4.79. The molecule has 1 amide bonds. The number of benzene rings is 3. The molecule has 3 aromatic carbocycles. The summed E-state index contributed by atoms with van der Waals surface area (Å²) in [5.74, 6) is -0.672. The number of nitrogens with zero attached hydrogens (tertiary/aromatic N) is 1. The standard InChI is InChI=1S/C22H19ClN4O5S2/c1-13-3-10-19(14(2)11-13)26-34(31,32)17-7-5-16(6-8-17)24-22(33)25-21(28)15-4-9-18(23)20(12-15)27(29)30/h3-12,26H,1-2H3,(H2,24,25,28,33). The van der Waals surface area contributed by atoms with Crippen LogP contribution >= 0.6 is 23.8 Å². The second kappa shape index (κ2) is 10.2. The fraction of sp³-hybridized carbons (Fsp3) is 0.0909. The van der Waals surface area contributed by atoms with E-state index in [1.54, 1.807) is 6.07 Å². The minimum Gasteiger partial charge on any atom is -0.332 e. The van der Waals surface area contributed by atoms with Crippen LogP contribution in [0.3, 0.4) is 0 Å². The molecule has 0 saturated carbocycles. The fourth-order valence-corrected chi connectivity index (χ4v) is 4.51. The predicted molar refractivity (Wildman–Crippen MR) is 135 cm³/mol. The topological polar surface area (TPSA) is 130 Å². The minimum atomic E-state index is -3.81. The lowest BCUT2D eigenvalue weighted by atomic mass is 10.1. The van der Waals surface area contributed by atoms with E-state index in [1.807, 2.05) is 26.0 Å². The molecule has 0 unspecified atom stereocenters. The van der Waals surface area contributed by atoms with Gasteiger partial charge in [-0.3, -0.25) is 24.9 Å². The minimum absolute atomic E-state index is 0.000773. The number of anilines is 2. The van der Waals surface area contributed by atoms with Gasteiger partial charge in [0.2, 0.25) is 0 Å². The van der Waals surface area contributed by atoms with Crippen molar-refractivity contribution >= 4 is 61.9 Å². The molecule has 0 atom stereocenters. The van der Waals surface area contributed by atoms with E-state index in [9.17, 15) is 23.3 Å². The molecule has 0 spiro atoms. The number of hydrogen-bond acceptors (Lipinski definition) is 6. The normalized spacial score (nSPS) is 10.9. The smallest absolute Gasteiger partial charge is 0.288 e. The average Bonchev–Trinajstić information content (AvgIpc) is 2.76. The highest BCUT2D eigenvalue weighted by molar-refractivity contribution is 7.92. The van der Waals surface area contributed by atoms with E-state index in [0.29, 0.717) is 11.4 Å². The number of nitro groups is 1. The lowest BCUT2D eigenvalue weighted by Crippen LogP contribution is -2.34. The highest BCUT2D eigenvalue weighted by Gasteiger charge is 2.18. The van der Waals surface area contributed by atoms with Crippen molar-refractivity contribution in [3.63, 3.8) is 0 Å². The van der Waals surface area contributed by atoms with E-state index in [-0.39, 0.29) is 20.6 Å². The fourth-order valence-electron chi connectivity index (χ4n) is 2.98.